The number of carbonyl (C=O) groups is 1. The minimum absolute atomic E-state index is 0.0699. The zero-order valence-electron chi connectivity index (χ0n) is 11.2. The fraction of sp³-hybridized carbons (Fsp3) is 0.500. The molecule has 1 aliphatic rings. The van der Waals surface area contributed by atoms with Gasteiger partial charge in [0, 0.05) is 6.04 Å². The average molecular weight is 346 g/mol. The number of rotatable bonds is 4. The Hall–Kier alpha value is -1.14. The molecule has 1 fully saturated rings. The van der Waals surface area contributed by atoms with Crippen LogP contribution in [0, 0.1) is 5.82 Å². The van der Waals surface area contributed by atoms with Crippen LogP contribution in [-0.2, 0) is 0 Å². The molecule has 0 aliphatic carbocycles. The van der Waals surface area contributed by atoms with Crippen LogP contribution in [0.1, 0.15) is 29.6 Å². The van der Waals surface area contributed by atoms with Gasteiger partial charge in [-0.3, -0.25) is 0 Å². The third-order valence-electron chi connectivity index (χ3n) is 3.63. The van der Waals surface area contributed by atoms with E-state index in [2.05, 4.69) is 20.8 Å². The summed E-state index contributed by atoms with van der Waals surface area (Å²) < 4.78 is 19.5. The minimum Gasteiger partial charge on any atom is -0.489 e. The van der Waals surface area contributed by atoms with Gasteiger partial charge in [0.15, 0.2) is 11.6 Å². The lowest BCUT2D eigenvalue weighted by atomic mass is 10.0. The highest BCUT2D eigenvalue weighted by molar-refractivity contribution is 9.10. The van der Waals surface area contributed by atoms with Crippen molar-refractivity contribution in [1.29, 1.82) is 0 Å². The van der Waals surface area contributed by atoms with Crippen molar-refractivity contribution in [3.05, 3.63) is 28.0 Å². The van der Waals surface area contributed by atoms with Gasteiger partial charge in [0.05, 0.1) is 10.0 Å². The molecule has 0 radical (unpaired) electrons. The Balaban J connectivity index is 2.06. The summed E-state index contributed by atoms with van der Waals surface area (Å²) in [6, 6.07) is 2.99. The maximum atomic E-state index is 14.0. The summed E-state index contributed by atoms with van der Waals surface area (Å²) >= 11 is 2.96. The molecule has 1 heterocycles. The Bertz CT molecular complexity index is 509. The molecule has 2 rings (SSSR count). The number of likely N-dealkylation sites (tertiary alicyclic amines) is 1. The van der Waals surface area contributed by atoms with Gasteiger partial charge in [-0.15, -0.1) is 0 Å². The SMILES string of the molecule is CN1CCCCC1COc1ccc(C(=O)O)c(Br)c1F. The third kappa shape index (κ3) is 3.30. The van der Waals surface area contributed by atoms with Gasteiger partial charge in [-0.05, 0) is 54.5 Å². The normalized spacial score (nSPS) is 19.9. The van der Waals surface area contributed by atoms with Gasteiger partial charge < -0.3 is 14.7 Å². The molecule has 4 nitrogen and oxygen atoms in total. The van der Waals surface area contributed by atoms with Crippen molar-refractivity contribution in [3.63, 3.8) is 0 Å². The Morgan fingerprint density at radius 2 is 2.30 bits per heavy atom. The number of carboxylic acid groups (broad SMARTS) is 1. The number of likely N-dealkylation sites (N-methyl/N-ethyl adjacent to an activating group) is 1. The van der Waals surface area contributed by atoms with E-state index in [1.54, 1.807) is 0 Å². The molecule has 1 aliphatic heterocycles. The number of benzene rings is 1. The van der Waals surface area contributed by atoms with Gasteiger partial charge >= 0.3 is 5.97 Å². The Morgan fingerprint density at radius 3 is 2.95 bits per heavy atom. The summed E-state index contributed by atoms with van der Waals surface area (Å²) in [6.07, 6.45) is 3.37. The van der Waals surface area contributed by atoms with E-state index in [0.717, 1.165) is 19.4 Å². The van der Waals surface area contributed by atoms with Gasteiger partial charge in [-0.1, -0.05) is 6.42 Å². The number of carboxylic acids is 1. The molecule has 6 heteroatoms. The van der Waals surface area contributed by atoms with Crippen LogP contribution in [0.5, 0.6) is 5.75 Å². The number of ether oxygens (including phenoxy) is 1. The minimum atomic E-state index is -1.17. The van der Waals surface area contributed by atoms with Gasteiger partial charge in [-0.2, -0.15) is 0 Å². The zero-order valence-corrected chi connectivity index (χ0v) is 12.8. The van der Waals surface area contributed by atoms with Crippen LogP contribution in [0.15, 0.2) is 16.6 Å². The van der Waals surface area contributed by atoms with E-state index in [1.807, 2.05) is 7.05 Å². The maximum Gasteiger partial charge on any atom is 0.336 e. The van der Waals surface area contributed by atoms with E-state index >= 15 is 0 Å². The van der Waals surface area contributed by atoms with E-state index in [0.29, 0.717) is 6.61 Å². The number of aromatic carboxylic acids is 1. The average Bonchev–Trinajstić information content (AvgIpc) is 2.41. The standard InChI is InChI=1S/C14H17BrFNO3/c1-17-7-3-2-4-9(17)8-20-11-6-5-10(14(18)19)12(15)13(11)16/h5-6,9H,2-4,7-8H2,1H3,(H,18,19). The van der Waals surface area contributed by atoms with Crippen molar-refractivity contribution in [2.75, 3.05) is 20.2 Å². The van der Waals surface area contributed by atoms with Gasteiger partial charge in [0.2, 0.25) is 0 Å². The van der Waals surface area contributed by atoms with E-state index in [4.69, 9.17) is 9.84 Å². The second kappa shape index (κ2) is 6.54. The monoisotopic (exact) mass is 345 g/mol. The lowest BCUT2D eigenvalue weighted by Gasteiger charge is -2.32. The van der Waals surface area contributed by atoms with Crippen LogP contribution in [0.3, 0.4) is 0 Å². The van der Waals surface area contributed by atoms with Crippen LogP contribution in [0.4, 0.5) is 4.39 Å². The molecule has 1 N–H and O–H groups in total. The molecule has 0 aromatic heterocycles. The van der Waals surface area contributed by atoms with Gasteiger partial charge in [0.1, 0.15) is 6.61 Å². The highest BCUT2D eigenvalue weighted by atomic mass is 79.9. The van der Waals surface area contributed by atoms with Gasteiger partial charge in [0.25, 0.3) is 0 Å². The molecule has 20 heavy (non-hydrogen) atoms. The van der Waals surface area contributed by atoms with E-state index < -0.39 is 11.8 Å². The van der Waals surface area contributed by atoms with Crippen LogP contribution < -0.4 is 4.74 Å². The molecule has 0 saturated carbocycles. The summed E-state index contributed by atoms with van der Waals surface area (Å²) in [4.78, 5) is 13.1. The molecular formula is C14H17BrFNO3. The van der Waals surface area contributed by atoms with Crippen LogP contribution in [0.2, 0.25) is 0 Å². The Morgan fingerprint density at radius 1 is 1.55 bits per heavy atom. The van der Waals surface area contributed by atoms with Gasteiger partial charge in [-0.25, -0.2) is 9.18 Å². The summed E-state index contributed by atoms with van der Waals surface area (Å²) in [7, 11) is 2.03. The van der Waals surface area contributed by atoms with Crippen molar-refractivity contribution in [2.45, 2.75) is 25.3 Å². The first kappa shape index (κ1) is 15.3. The maximum absolute atomic E-state index is 14.0. The molecule has 110 valence electrons. The summed E-state index contributed by atoms with van der Waals surface area (Å²) in [6.45, 7) is 1.43. The lowest BCUT2D eigenvalue weighted by molar-refractivity contribution is 0.0695. The number of hydrogen-bond acceptors (Lipinski definition) is 3. The highest BCUT2D eigenvalue weighted by Crippen LogP contribution is 2.29. The van der Waals surface area contributed by atoms with Crippen molar-refractivity contribution in [3.8, 4) is 5.75 Å². The Kier molecular flexibility index (Phi) is 4.99. The zero-order chi connectivity index (χ0) is 14.7. The second-order valence-electron chi connectivity index (χ2n) is 4.99. The predicted molar refractivity (Wildman–Crippen MR) is 76.8 cm³/mol. The molecule has 1 atom stereocenters. The first-order chi connectivity index (χ1) is 9.50. The van der Waals surface area contributed by atoms with Crippen LogP contribution in [-0.4, -0.2) is 42.2 Å². The molecular weight excluding hydrogens is 329 g/mol. The smallest absolute Gasteiger partial charge is 0.336 e. The fourth-order valence-corrected chi connectivity index (χ4v) is 2.85. The fourth-order valence-electron chi connectivity index (χ4n) is 2.35. The lowest BCUT2D eigenvalue weighted by Crippen LogP contribution is -2.40. The molecule has 0 spiro atoms. The first-order valence-corrected chi connectivity index (χ1v) is 7.34. The quantitative estimate of drug-likeness (QED) is 0.910. The molecule has 0 bridgehead atoms. The largest absolute Gasteiger partial charge is 0.489 e. The van der Waals surface area contributed by atoms with E-state index in [1.165, 1.54) is 18.6 Å². The van der Waals surface area contributed by atoms with Crippen molar-refractivity contribution < 1.29 is 19.0 Å². The second-order valence-corrected chi connectivity index (χ2v) is 5.78. The summed E-state index contributed by atoms with van der Waals surface area (Å²) in [5, 5.41) is 8.91. The predicted octanol–water partition coefficient (Wildman–Crippen LogP) is 3.15. The Labute approximate surface area is 125 Å². The van der Waals surface area contributed by atoms with Crippen molar-refractivity contribution >= 4 is 21.9 Å². The molecule has 1 unspecified atom stereocenters. The van der Waals surface area contributed by atoms with E-state index in [-0.39, 0.29) is 21.8 Å². The number of hydrogen-bond donors (Lipinski definition) is 1. The van der Waals surface area contributed by atoms with Crippen LogP contribution in [0.25, 0.3) is 0 Å². The number of halogens is 2. The molecule has 0 amide bonds. The van der Waals surface area contributed by atoms with Crippen LogP contribution >= 0.6 is 15.9 Å². The van der Waals surface area contributed by atoms with E-state index in [9.17, 15) is 9.18 Å². The molecule has 1 aromatic rings. The third-order valence-corrected chi connectivity index (χ3v) is 4.41. The summed E-state index contributed by atoms with van der Waals surface area (Å²) in [5.41, 5.74) is -0.107. The molecule has 1 aromatic carbocycles. The topological polar surface area (TPSA) is 49.8 Å². The van der Waals surface area contributed by atoms with Crippen molar-refractivity contribution in [1.82, 2.24) is 4.90 Å². The number of piperidine rings is 1. The highest BCUT2D eigenvalue weighted by Gasteiger charge is 2.21. The molecule has 1 saturated heterocycles. The first-order valence-electron chi connectivity index (χ1n) is 6.55. The summed E-state index contributed by atoms with van der Waals surface area (Å²) in [5.74, 6) is -1.75. The number of nitrogens with zero attached hydrogens (tertiary/aromatic N) is 1. The van der Waals surface area contributed by atoms with Crippen molar-refractivity contribution in [2.24, 2.45) is 0 Å².